The van der Waals surface area contributed by atoms with Gasteiger partial charge in [0.2, 0.25) is 5.95 Å². The van der Waals surface area contributed by atoms with Crippen molar-refractivity contribution in [3.8, 4) is 16.9 Å². The van der Waals surface area contributed by atoms with Crippen LogP contribution in [-0.2, 0) is 6.42 Å². The van der Waals surface area contributed by atoms with Crippen LogP contribution in [0.15, 0.2) is 60.5 Å². The molecule has 3 aromatic heterocycles. The maximum absolute atomic E-state index is 4.59. The van der Waals surface area contributed by atoms with Gasteiger partial charge in [-0.2, -0.15) is 5.10 Å². The highest BCUT2D eigenvalue weighted by molar-refractivity contribution is 7.09. The van der Waals surface area contributed by atoms with Crippen molar-refractivity contribution in [2.45, 2.75) is 13.3 Å². The first kappa shape index (κ1) is 16.4. The molecule has 0 aliphatic carbocycles. The smallest absolute Gasteiger partial charge is 0.223 e. The molecule has 0 aliphatic heterocycles. The van der Waals surface area contributed by atoms with Crippen LogP contribution in [0.3, 0.4) is 0 Å². The van der Waals surface area contributed by atoms with Gasteiger partial charge in [0.1, 0.15) is 0 Å². The number of anilines is 1. The van der Waals surface area contributed by atoms with Gasteiger partial charge < -0.3 is 5.32 Å². The molecule has 0 aliphatic rings. The maximum Gasteiger partial charge on any atom is 0.223 e. The lowest BCUT2D eigenvalue weighted by molar-refractivity contribution is 0.879. The normalized spacial score (nSPS) is 10.8. The third-order valence-corrected chi connectivity index (χ3v) is 4.74. The molecule has 0 saturated heterocycles. The second-order valence-electron chi connectivity index (χ2n) is 5.88. The monoisotopic (exact) mass is 362 g/mol. The lowest BCUT2D eigenvalue weighted by Crippen LogP contribution is -2.07. The van der Waals surface area contributed by atoms with E-state index >= 15 is 0 Å². The Bertz CT molecular complexity index is 993. The van der Waals surface area contributed by atoms with Gasteiger partial charge in [0.05, 0.1) is 22.6 Å². The van der Waals surface area contributed by atoms with Crippen LogP contribution < -0.4 is 5.32 Å². The van der Waals surface area contributed by atoms with Gasteiger partial charge in [-0.1, -0.05) is 12.1 Å². The molecule has 3 heterocycles. The van der Waals surface area contributed by atoms with Gasteiger partial charge in [0.15, 0.2) is 0 Å². The summed E-state index contributed by atoms with van der Waals surface area (Å²) in [6, 6.07) is 10.1. The molecule has 6 nitrogen and oxygen atoms in total. The van der Waals surface area contributed by atoms with E-state index < -0.39 is 0 Å². The fraction of sp³-hybridized carbons (Fsp3) is 0.158. The zero-order chi connectivity index (χ0) is 17.8. The van der Waals surface area contributed by atoms with Gasteiger partial charge in [-0.3, -0.25) is 0 Å². The SMILES string of the molecule is Cc1cccc(-n2cc(-c3ccnc(NCCc4nccs4)n3)cn2)c1. The number of aryl methyl sites for hydroxylation is 1. The highest BCUT2D eigenvalue weighted by Crippen LogP contribution is 2.19. The first-order valence-electron chi connectivity index (χ1n) is 8.35. The summed E-state index contributed by atoms with van der Waals surface area (Å²) >= 11 is 1.66. The van der Waals surface area contributed by atoms with Crippen molar-refractivity contribution in [2.24, 2.45) is 0 Å². The van der Waals surface area contributed by atoms with Crippen molar-refractivity contribution < 1.29 is 0 Å². The molecule has 1 N–H and O–H groups in total. The van der Waals surface area contributed by atoms with Crippen molar-refractivity contribution in [1.29, 1.82) is 0 Å². The number of hydrogen-bond donors (Lipinski definition) is 1. The van der Waals surface area contributed by atoms with E-state index in [2.05, 4.69) is 44.4 Å². The third-order valence-electron chi connectivity index (χ3n) is 3.91. The number of hydrogen-bond acceptors (Lipinski definition) is 6. The second kappa shape index (κ2) is 7.45. The molecule has 0 bridgehead atoms. The van der Waals surface area contributed by atoms with Gasteiger partial charge in [-0.25, -0.2) is 19.6 Å². The average molecular weight is 362 g/mol. The summed E-state index contributed by atoms with van der Waals surface area (Å²) in [4.78, 5) is 13.2. The summed E-state index contributed by atoms with van der Waals surface area (Å²) in [6.45, 7) is 2.82. The number of benzene rings is 1. The Morgan fingerprint density at radius 1 is 1.15 bits per heavy atom. The van der Waals surface area contributed by atoms with Gasteiger partial charge in [0.25, 0.3) is 0 Å². The Morgan fingerprint density at radius 2 is 2.12 bits per heavy atom. The Labute approximate surface area is 155 Å². The largest absolute Gasteiger partial charge is 0.354 e. The molecule has 26 heavy (non-hydrogen) atoms. The van der Waals surface area contributed by atoms with Crippen molar-refractivity contribution in [2.75, 3.05) is 11.9 Å². The highest BCUT2D eigenvalue weighted by atomic mass is 32.1. The third kappa shape index (κ3) is 3.78. The summed E-state index contributed by atoms with van der Waals surface area (Å²) in [5, 5.41) is 10.8. The van der Waals surface area contributed by atoms with Crippen molar-refractivity contribution in [3.63, 3.8) is 0 Å². The topological polar surface area (TPSA) is 68.5 Å². The van der Waals surface area contributed by atoms with Gasteiger partial charge in [-0.05, 0) is 30.7 Å². The molecule has 0 radical (unpaired) electrons. The standard InChI is InChI=1S/C19H18N6S/c1-14-3-2-4-16(11-14)25-13-15(12-23-25)17-5-7-21-19(24-17)22-8-6-18-20-9-10-26-18/h2-5,7,9-13H,6,8H2,1H3,(H,21,22,24). The van der Waals surface area contributed by atoms with Crippen LogP contribution in [0.1, 0.15) is 10.6 Å². The van der Waals surface area contributed by atoms with E-state index in [1.165, 1.54) is 5.56 Å². The lowest BCUT2D eigenvalue weighted by atomic mass is 10.2. The minimum atomic E-state index is 0.613. The molecule has 4 rings (SSSR count). The summed E-state index contributed by atoms with van der Waals surface area (Å²) in [6.07, 6.45) is 8.25. The molecule has 0 atom stereocenters. The quantitative estimate of drug-likeness (QED) is 0.566. The molecular weight excluding hydrogens is 344 g/mol. The fourth-order valence-electron chi connectivity index (χ4n) is 2.63. The van der Waals surface area contributed by atoms with Crippen LogP contribution in [-0.4, -0.2) is 31.3 Å². The minimum absolute atomic E-state index is 0.613. The first-order valence-corrected chi connectivity index (χ1v) is 9.23. The summed E-state index contributed by atoms with van der Waals surface area (Å²) < 4.78 is 1.86. The molecule has 1 aromatic carbocycles. The average Bonchev–Trinajstić information content (AvgIpc) is 3.34. The number of aromatic nitrogens is 5. The Morgan fingerprint density at radius 3 is 2.96 bits per heavy atom. The molecule has 0 saturated carbocycles. The van der Waals surface area contributed by atoms with E-state index in [1.807, 2.05) is 46.9 Å². The summed E-state index contributed by atoms with van der Waals surface area (Å²) in [5.41, 5.74) is 4.04. The van der Waals surface area contributed by atoms with E-state index in [4.69, 9.17) is 0 Å². The molecule has 0 unspecified atom stereocenters. The molecule has 0 fully saturated rings. The number of nitrogens with zero attached hydrogens (tertiary/aromatic N) is 5. The van der Waals surface area contributed by atoms with Crippen LogP contribution in [0.5, 0.6) is 0 Å². The fourth-order valence-corrected chi connectivity index (χ4v) is 3.25. The molecule has 0 spiro atoms. The Hall–Kier alpha value is -3.06. The summed E-state index contributed by atoms with van der Waals surface area (Å²) in [5.74, 6) is 0.613. The van der Waals surface area contributed by atoms with Gasteiger partial charge >= 0.3 is 0 Å². The van der Waals surface area contributed by atoms with Crippen LogP contribution in [0, 0.1) is 6.92 Å². The predicted octanol–water partition coefficient (Wildman–Crippen LogP) is 3.75. The minimum Gasteiger partial charge on any atom is -0.354 e. The predicted molar refractivity (Wildman–Crippen MR) is 104 cm³/mol. The number of rotatable bonds is 6. The Balaban J connectivity index is 1.48. The first-order chi connectivity index (χ1) is 12.8. The molecular formula is C19H18N6S. The van der Waals surface area contributed by atoms with Gasteiger partial charge in [0, 0.05) is 42.5 Å². The molecule has 0 amide bonds. The highest BCUT2D eigenvalue weighted by Gasteiger charge is 2.07. The van der Waals surface area contributed by atoms with E-state index in [0.29, 0.717) is 5.95 Å². The van der Waals surface area contributed by atoms with Crippen molar-refractivity contribution in [3.05, 3.63) is 71.1 Å². The lowest BCUT2D eigenvalue weighted by Gasteiger charge is -2.05. The Kier molecular flexibility index (Phi) is 4.70. The van der Waals surface area contributed by atoms with Crippen molar-refractivity contribution in [1.82, 2.24) is 24.7 Å². The maximum atomic E-state index is 4.59. The van der Waals surface area contributed by atoms with Crippen LogP contribution >= 0.6 is 11.3 Å². The zero-order valence-electron chi connectivity index (χ0n) is 14.3. The molecule has 130 valence electrons. The summed E-state index contributed by atoms with van der Waals surface area (Å²) in [7, 11) is 0. The van der Waals surface area contributed by atoms with Crippen LogP contribution in [0.25, 0.3) is 16.9 Å². The van der Waals surface area contributed by atoms with E-state index in [1.54, 1.807) is 17.5 Å². The van der Waals surface area contributed by atoms with E-state index in [9.17, 15) is 0 Å². The van der Waals surface area contributed by atoms with E-state index in [-0.39, 0.29) is 0 Å². The van der Waals surface area contributed by atoms with E-state index in [0.717, 1.165) is 34.9 Å². The molecule has 7 heteroatoms. The zero-order valence-corrected chi connectivity index (χ0v) is 15.1. The number of nitrogens with one attached hydrogen (secondary N) is 1. The second-order valence-corrected chi connectivity index (χ2v) is 6.86. The number of thiazole rings is 1. The molecule has 4 aromatic rings. The van der Waals surface area contributed by atoms with Crippen LogP contribution in [0.4, 0.5) is 5.95 Å². The van der Waals surface area contributed by atoms with Crippen molar-refractivity contribution >= 4 is 17.3 Å². The van der Waals surface area contributed by atoms with Gasteiger partial charge in [-0.15, -0.1) is 11.3 Å². The van der Waals surface area contributed by atoms with Crippen LogP contribution in [0.2, 0.25) is 0 Å².